The van der Waals surface area contributed by atoms with Gasteiger partial charge in [-0.05, 0) is 11.6 Å². The van der Waals surface area contributed by atoms with Crippen molar-refractivity contribution in [3.63, 3.8) is 0 Å². The van der Waals surface area contributed by atoms with Crippen LogP contribution in [0.5, 0.6) is 0 Å². The quantitative estimate of drug-likeness (QED) is 0.831. The van der Waals surface area contributed by atoms with Crippen LogP contribution in [0.2, 0.25) is 5.02 Å². The number of benzene rings is 1. The topological polar surface area (TPSA) is 21.3 Å². The van der Waals surface area contributed by atoms with E-state index in [0.717, 1.165) is 30.3 Å². The van der Waals surface area contributed by atoms with Crippen molar-refractivity contribution in [2.75, 3.05) is 19.8 Å². The van der Waals surface area contributed by atoms with Crippen molar-refractivity contribution in [3.8, 4) is 0 Å². The molecule has 1 fully saturated rings. The maximum atomic E-state index is 6.04. The Bertz CT molecular complexity index is 345. The second kappa shape index (κ2) is 5.31. The van der Waals surface area contributed by atoms with E-state index in [9.17, 15) is 0 Å². The van der Waals surface area contributed by atoms with Crippen LogP contribution in [0.15, 0.2) is 30.3 Å². The van der Waals surface area contributed by atoms with E-state index in [1.165, 1.54) is 0 Å². The van der Waals surface area contributed by atoms with Gasteiger partial charge in [0, 0.05) is 17.6 Å². The number of nitrogens with one attached hydrogen (secondary N) is 1. The van der Waals surface area contributed by atoms with Crippen LogP contribution in [0.1, 0.15) is 5.56 Å². The second-order valence-corrected chi connectivity index (χ2v) is 3.92. The first-order chi connectivity index (χ1) is 7.36. The van der Waals surface area contributed by atoms with Gasteiger partial charge in [0.25, 0.3) is 0 Å². The second-order valence-electron chi connectivity index (χ2n) is 3.52. The Kier molecular flexibility index (Phi) is 3.78. The van der Waals surface area contributed by atoms with Gasteiger partial charge in [-0.25, -0.2) is 0 Å². The summed E-state index contributed by atoms with van der Waals surface area (Å²) in [4.78, 5) is 0. The number of rotatable bonds is 2. The summed E-state index contributed by atoms with van der Waals surface area (Å²) in [5.74, 6) is 0. The van der Waals surface area contributed by atoms with Gasteiger partial charge in [-0.15, -0.1) is 0 Å². The molecule has 1 unspecified atom stereocenters. The third-order valence-electron chi connectivity index (χ3n) is 2.36. The van der Waals surface area contributed by atoms with Crippen LogP contribution < -0.4 is 5.32 Å². The fraction of sp³-hybridized carbons (Fsp3) is 0.333. The predicted molar refractivity (Wildman–Crippen MR) is 63.1 cm³/mol. The Labute approximate surface area is 94.9 Å². The highest BCUT2D eigenvalue weighted by atomic mass is 35.5. The highest BCUT2D eigenvalue weighted by Crippen LogP contribution is 2.16. The molecule has 80 valence electrons. The van der Waals surface area contributed by atoms with Crippen molar-refractivity contribution in [1.82, 2.24) is 5.32 Å². The van der Waals surface area contributed by atoms with E-state index in [2.05, 4.69) is 11.4 Å². The molecule has 1 aromatic carbocycles. The summed E-state index contributed by atoms with van der Waals surface area (Å²) in [6.45, 7) is 2.45. The Hall–Kier alpha value is -0.830. The van der Waals surface area contributed by atoms with Gasteiger partial charge >= 0.3 is 0 Å². The van der Waals surface area contributed by atoms with Gasteiger partial charge in [0.05, 0.1) is 13.2 Å². The molecule has 1 aliphatic heterocycles. The Morgan fingerprint density at radius 1 is 1.40 bits per heavy atom. The number of ether oxygens (including phenoxy) is 1. The van der Waals surface area contributed by atoms with Crippen molar-refractivity contribution in [3.05, 3.63) is 40.9 Å². The molecule has 0 aliphatic carbocycles. The third kappa shape index (κ3) is 3.06. The molecule has 1 saturated heterocycles. The first-order valence-corrected chi connectivity index (χ1v) is 5.48. The Balaban J connectivity index is 2.01. The minimum absolute atomic E-state index is 0.301. The van der Waals surface area contributed by atoms with E-state index < -0.39 is 0 Å². The monoisotopic (exact) mass is 223 g/mol. The summed E-state index contributed by atoms with van der Waals surface area (Å²) in [5, 5.41) is 4.14. The average Bonchev–Trinajstić information content (AvgIpc) is 2.29. The number of halogens is 1. The van der Waals surface area contributed by atoms with Gasteiger partial charge < -0.3 is 10.1 Å². The van der Waals surface area contributed by atoms with Crippen LogP contribution in [0.4, 0.5) is 0 Å². The molecular weight excluding hydrogens is 210 g/mol. The van der Waals surface area contributed by atoms with Gasteiger partial charge in [0.1, 0.15) is 0 Å². The number of morpholine rings is 1. The van der Waals surface area contributed by atoms with Crippen molar-refractivity contribution in [2.24, 2.45) is 0 Å². The SMILES string of the molecule is Clc1ccccc1/C=C/C1COCCN1. The normalized spacial score (nSPS) is 22.1. The standard InChI is InChI=1S/C12H14ClNO/c13-12-4-2-1-3-10(12)5-6-11-9-15-8-7-14-11/h1-6,11,14H,7-9H2/b6-5+. The molecule has 1 aromatic rings. The summed E-state index contributed by atoms with van der Waals surface area (Å²) in [5.41, 5.74) is 1.05. The zero-order chi connectivity index (χ0) is 10.5. The fourth-order valence-electron chi connectivity index (χ4n) is 1.54. The summed E-state index contributed by atoms with van der Waals surface area (Å²) in [6, 6.07) is 8.11. The molecule has 0 saturated carbocycles. The molecule has 1 N–H and O–H groups in total. The molecule has 0 amide bonds. The summed E-state index contributed by atoms with van der Waals surface area (Å²) < 4.78 is 5.35. The third-order valence-corrected chi connectivity index (χ3v) is 2.71. The van der Waals surface area contributed by atoms with Gasteiger partial charge in [-0.1, -0.05) is 42.0 Å². The minimum atomic E-state index is 0.301. The average molecular weight is 224 g/mol. The molecule has 2 rings (SSSR count). The summed E-state index contributed by atoms with van der Waals surface area (Å²) in [6.07, 6.45) is 4.13. The van der Waals surface area contributed by atoms with E-state index in [-0.39, 0.29) is 0 Å². The zero-order valence-corrected chi connectivity index (χ0v) is 9.20. The molecule has 3 heteroatoms. The van der Waals surface area contributed by atoms with Crippen LogP contribution in [0.3, 0.4) is 0 Å². The van der Waals surface area contributed by atoms with Crippen molar-refractivity contribution < 1.29 is 4.74 Å². The molecular formula is C12H14ClNO. The lowest BCUT2D eigenvalue weighted by Gasteiger charge is -2.20. The maximum Gasteiger partial charge on any atom is 0.0656 e. The van der Waals surface area contributed by atoms with Crippen molar-refractivity contribution >= 4 is 17.7 Å². The lowest BCUT2D eigenvalue weighted by molar-refractivity contribution is 0.0903. The van der Waals surface area contributed by atoms with Gasteiger partial charge in [0.2, 0.25) is 0 Å². The molecule has 1 aliphatic rings. The van der Waals surface area contributed by atoms with Gasteiger partial charge in [-0.2, -0.15) is 0 Å². The highest BCUT2D eigenvalue weighted by Gasteiger charge is 2.08. The van der Waals surface area contributed by atoms with E-state index in [0.29, 0.717) is 6.04 Å². The van der Waals surface area contributed by atoms with Gasteiger partial charge in [0.15, 0.2) is 0 Å². The smallest absolute Gasteiger partial charge is 0.0656 e. The first kappa shape index (κ1) is 10.7. The zero-order valence-electron chi connectivity index (χ0n) is 8.45. The van der Waals surface area contributed by atoms with Crippen molar-refractivity contribution in [2.45, 2.75) is 6.04 Å². The largest absolute Gasteiger partial charge is 0.378 e. The molecule has 1 atom stereocenters. The van der Waals surface area contributed by atoms with E-state index >= 15 is 0 Å². The Morgan fingerprint density at radius 3 is 3.00 bits per heavy atom. The van der Waals surface area contributed by atoms with E-state index in [4.69, 9.17) is 16.3 Å². The highest BCUT2D eigenvalue weighted by molar-refractivity contribution is 6.32. The molecule has 0 radical (unpaired) electrons. The van der Waals surface area contributed by atoms with Crippen molar-refractivity contribution in [1.29, 1.82) is 0 Å². The lowest BCUT2D eigenvalue weighted by Crippen LogP contribution is -2.39. The molecule has 15 heavy (non-hydrogen) atoms. The minimum Gasteiger partial charge on any atom is -0.378 e. The van der Waals surface area contributed by atoms with Crippen LogP contribution in [-0.4, -0.2) is 25.8 Å². The maximum absolute atomic E-state index is 6.04. The van der Waals surface area contributed by atoms with E-state index in [1.807, 2.05) is 30.3 Å². The molecule has 2 nitrogen and oxygen atoms in total. The molecule has 0 aromatic heterocycles. The van der Waals surface area contributed by atoms with Gasteiger partial charge in [-0.3, -0.25) is 0 Å². The predicted octanol–water partition coefficient (Wildman–Crippen LogP) is 2.34. The van der Waals surface area contributed by atoms with Crippen LogP contribution in [0.25, 0.3) is 6.08 Å². The fourth-order valence-corrected chi connectivity index (χ4v) is 1.74. The molecule has 0 spiro atoms. The van der Waals surface area contributed by atoms with Crippen LogP contribution in [-0.2, 0) is 4.74 Å². The van der Waals surface area contributed by atoms with E-state index in [1.54, 1.807) is 0 Å². The number of hydrogen-bond acceptors (Lipinski definition) is 2. The summed E-state index contributed by atoms with van der Waals surface area (Å²) in [7, 11) is 0. The number of hydrogen-bond donors (Lipinski definition) is 1. The Morgan fingerprint density at radius 2 is 2.27 bits per heavy atom. The first-order valence-electron chi connectivity index (χ1n) is 5.10. The molecule has 1 heterocycles. The molecule has 0 bridgehead atoms. The van der Waals surface area contributed by atoms with Crippen LogP contribution >= 0.6 is 11.6 Å². The summed E-state index contributed by atoms with van der Waals surface area (Å²) >= 11 is 6.04. The van der Waals surface area contributed by atoms with Crippen LogP contribution in [0, 0.1) is 0 Å². The lowest BCUT2D eigenvalue weighted by atomic mass is 10.1.